The van der Waals surface area contributed by atoms with E-state index in [1.54, 1.807) is 24.0 Å². The van der Waals surface area contributed by atoms with Gasteiger partial charge in [-0.05, 0) is 6.07 Å². The summed E-state index contributed by atoms with van der Waals surface area (Å²) in [5.74, 6) is 0. The van der Waals surface area contributed by atoms with Crippen LogP contribution >= 0.6 is 34.5 Å². The van der Waals surface area contributed by atoms with Crippen LogP contribution in [-0.4, -0.2) is 14.4 Å². The van der Waals surface area contributed by atoms with Crippen LogP contribution in [0.4, 0.5) is 0 Å². The third-order valence-electron chi connectivity index (χ3n) is 2.16. The van der Waals surface area contributed by atoms with Gasteiger partial charge in [0.1, 0.15) is 5.69 Å². The van der Waals surface area contributed by atoms with Crippen LogP contribution in [0.3, 0.4) is 0 Å². The summed E-state index contributed by atoms with van der Waals surface area (Å²) in [6.45, 7) is 0. The summed E-state index contributed by atoms with van der Waals surface area (Å²) in [5, 5.41) is 1.13. The first-order valence-corrected chi connectivity index (χ1v) is 6.10. The van der Waals surface area contributed by atoms with Crippen molar-refractivity contribution in [2.24, 2.45) is 0 Å². The van der Waals surface area contributed by atoms with Crippen LogP contribution in [0, 0.1) is 0 Å². The molecule has 3 aromatic heterocycles. The maximum Gasteiger partial charge on any atom is 0.156 e. The molecule has 3 rings (SSSR count). The van der Waals surface area contributed by atoms with Gasteiger partial charge >= 0.3 is 0 Å². The quantitative estimate of drug-likeness (QED) is 0.673. The first kappa shape index (κ1) is 10.1. The number of hydrogen-bond acceptors (Lipinski definition) is 3. The van der Waals surface area contributed by atoms with Gasteiger partial charge in [0, 0.05) is 18.6 Å². The van der Waals surface area contributed by atoms with E-state index in [2.05, 4.69) is 9.97 Å². The summed E-state index contributed by atoms with van der Waals surface area (Å²) in [6.07, 6.45) is 5.45. The van der Waals surface area contributed by atoms with Crippen LogP contribution < -0.4 is 0 Å². The zero-order valence-corrected chi connectivity index (χ0v) is 10.2. The first-order valence-electron chi connectivity index (χ1n) is 4.46. The van der Waals surface area contributed by atoms with Crippen molar-refractivity contribution < 1.29 is 0 Å². The summed E-state index contributed by atoms with van der Waals surface area (Å²) >= 11 is 13.5. The Kier molecular flexibility index (Phi) is 2.35. The summed E-state index contributed by atoms with van der Waals surface area (Å²) in [6, 6.07) is 1.68. The van der Waals surface area contributed by atoms with Crippen molar-refractivity contribution in [1.82, 2.24) is 14.4 Å². The van der Waals surface area contributed by atoms with Gasteiger partial charge in [-0.25, -0.2) is 4.98 Å². The topological polar surface area (TPSA) is 30.2 Å². The predicted octanol–water partition coefficient (Wildman–Crippen LogP) is 3.76. The summed E-state index contributed by atoms with van der Waals surface area (Å²) < 4.78 is 1.82. The Morgan fingerprint density at radius 3 is 2.88 bits per heavy atom. The highest BCUT2D eigenvalue weighted by atomic mass is 35.5. The molecule has 3 aromatic rings. The van der Waals surface area contributed by atoms with Crippen molar-refractivity contribution in [3.05, 3.63) is 40.2 Å². The van der Waals surface area contributed by atoms with Crippen LogP contribution in [0.15, 0.2) is 30.2 Å². The molecule has 16 heavy (non-hydrogen) atoms. The van der Waals surface area contributed by atoms with Crippen molar-refractivity contribution in [3.8, 4) is 10.6 Å². The fourth-order valence-corrected chi connectivity index (χ4v) is 2.59. The van der Waals surface area contributed by atoms with Crippen molar-refractivity contribution in [2.45, 2.75) is 0 Å². The molecule has 0 bridgehead atoms. The number of pyridine rings is 1. The van der Waals surface area contributed by atoms with Crippen molar-refractivity contribution in [1.29, 1.82) is 0 Å². The highest BCUT2D eigenvalue weighted by Gasteiger charge is 2.09. The molecule has 3 heterocycles. The summed E-state index contributed by atoms with van der Waals surface area (Å²) in [4.78, 5) is 9.47. The standard InChI is InChI=1S/C10H5Cl2N3S/c11-6-1-7(12)10-14-8(4-15(10)3-6)9-2-13-5-16-9/h1-5H. The van der Waals surface area contributed by atoms with Crippen LogP contribution in [-0.2, 0) is 0 Å². The van der Waals surface area contributed by atoms with Crippen molar-refractivity contribution in [2.75, 3.05) is 0 Å². The molecule has 0 aliphatic heterocycles. The lowest BCUT2D eigenvalue weighted by atomic mass is 10.4. The predicted molar refractivity (Wildman–Crippen MR) is 66.3 cm³/mol. The van der Waals surface area contributed by atoms with Crippen LogP contribution in [0.25, 0.3) is 16.2 Å². The number of halogens is 2. The number of imidazole rings is 1. The second kappa shape index (κ2) is 3.73. The van der Waals surface area contributed by atoms with E-state index in [4.69, 9.17) is 23.2 Å². The van der Waals surface area contributed by atoms with E-state index in [0.29, 0.717) is 15.7 Å². The summed E-state index contributed by atoms with van der Waals surface area (Å²) in [5.41, 5.74) is 3.33. The largest absolute Gasteiger partial charge is 0.304 e. The number of thiazole rings is 1. The summed E-state index contributed by atoms with van der Waals surface area (Å²) in [7, 11) is 0. The van der Waals surface area contributed by atoms with Crippen LogP contribution in [0.1, 0.15) is 0 Å². The fourth-order valence-electron chi connectivity index (χ4n) is 1.49. The van der Waals surface area contributed by atoms with Gasteiger partial charge in [0.2, 0.25) is 0 Å². The van der Waals surface area contributed by atoms with Crippen LogP contribution in [0.2, 0.25) is 10.0 Å². The Bertz CT molecular complexity index is 645. The van der Waals surface area contributed by atoms with E-state index in [9.17, 15) is 0 Å². The van der Waals surface area contributed by atoms with Gasteiger partial charge in [0.25, 0.3) is 0 Å². The molecule has 0 spiro atoms. The van der Waals surface area contributed by atoms with Gasteiger partial charge in [-0.2, -0.15) is 0 Å². The Balaban J connectivity index is 2.27. The molecule has 0 atom stereocenters. The van der Waals surface area contributed by atoms with Gasteiger partial charge in [0.05, 0.1) is 20.4 Å². The molecule has 0 aliphatic rings. The Morgan fingerprint density at radius 1 is 1.25 bits per heavy atom. The molecular formula is C10H5Cl2N3S. The Labute approximate surface area is 105 Å². The van der Waals surface area contributed by atoms with Gasteiger partial charge in [-0.15, -0.1) is 11.3 Å². The zero-order valence-electron chi connectivity index (χ0n) is 7.89. The van der Waals surface area contributed by atoms with Gasteiger partial charge in [0.15, 0.2) is 5.65 Å². The third-order valence-corrected chi connectivity index (χ3v) is 3.44. The molecule has 0 fully saturated rings. The second-order valence-electron chi connectivity index (χ2n) is 3.23. The van der Waals surface area contributed by atoms with E-state index in [1.807, 2.05) is 10.6 Å². The molecule has 0 aromatic carbocycles. The minimum Gasteiger partial charge on any atom is -0.304 e. The van der Waals surface area contributed by atoms with Crippen molar-refractivity contribution in [3.63, 3.8) is 0 Å². The highest BCUT2D eigenvalue weighted by molar-refractivity contribution is 7.13. The number of hydrogen-bond donors (Lipinski definition) is 0. The average molecular weight is 270 g/mol. The molecule has 0 amide bonds. The molecule has 6 heteroatoms. The van der Waals surface area contributed by atoms with E-state index in [0.717, 1.165) is 10.6 Å². The number of aromatic nitrogens is 3. The molecule has 3 nitrogen and oxygen atoms in total. The Hall–Kier alpha value is -1.10. The van der Waals surface area contributed by atoms with Crippen molar-refractivity contribution >= 4 is 40.2 Å². The molecule has 0 radical (unpaired) electrons. The van der Waals surface area contributed by atoms with Crippen LogP contribution in [0.5, 0.6) is 0 Å². The van der Waals surface area contributed by atoms with E-state index >= 15 is 0 Å². The molecule has 0 aliphatic carbocycles. The molecule has 0 N–H and O–H groups in total. The number of nitrogens with zero attached hydrogens (tertiary/aromatic N) is 3. The second-order valence-corrected chi connectivity index (χ2v) is 4.96. The molecular weight excluding hydrogens is 265 g/mol. The first-order chi connectivity index (χ1) is 7.74. The molecule has 0 unspecified atom stereocenters. The maximum absolute atomic E-state index is 6.06. The smallest absolute Gasteiger partial charge is 0.156 e. The van der Waals surface area contributed by atoms with Gasteiger partial charge in [-0.1, -0.05) is 23.2 Å². The van der Waals surface area contributed by atoms with E-state index in [1.165, 1.54) is 11.3 Å². The van der Waals surface area contributed by atoms with Gasteiger partial charge < -0.3 is 4.40 Å². The fraction of sp³-hybridized carbons (Fsp3) is 0. The lowest BCUT2D eigenvalue weighted by Gasteiger charge is -1.95. The number of rotatable bonds is 1. The van der Waals surface area contributed by atoms with E-state index < -0.39 is 0 Å². The lowest BCUT2D eigenvalue weighted by Crippen LogP contribution is -1.82. The monoisotopic (exact) mass is 269 g/mol. The highest BCUT2D eigenvalue weighted by Crippen LogP contribution is 2.27. The maximum atomic E-state index is 6.06. The normalized spacial score (nSPS) is 11.1. The molecule has 80 valence electrons. The number of fused-ring (bicyclic) bond motifs is 1. The zero-order chi connectivity index (χ0) is 11.1. The SMILES string of the molecule is Clc1cc(Cl)c2nc(-c3cncs3)cn2c1. The molecule has 0 saturated carbocycles. The van der Waals surface area contributed by atoms with E-state index in [-0.39, 0.29) is 0 Å². The van der Waals surface area contributed by atoms with Gasteiger partial charge in [-0.3, -0.25) is 4.98 Å². The Morgan fingerprint density at radius 2 is 2.12 bits per heavy atom. The molecule has 0 saturated heterocycles. The average Bonchev–Trinajstić information content (AvgIpc) is 2.82. The third kappa shape index (κ3) is 1.59. The lowest BCUT2D eigenvalue weighted by molar-refractivity contribution is 1.19. The minimum absolute atomic E-state index is 0.545. The minimum atomic E-state index is 0.545.